The number of nitriles is 1. The topological polar surface area (TPSA) is 74.6 Å². The predicted molar refractivity (Wildman–Crippen MR) is 99.3 cm³/mol. The minimum atomic E-state index is -0.274. The van der Waals surface area contributed by atoms with Crippen molar-refractivity contribution in [1.82, 2.24) is 10.2 Å². The van der Waals surface area contributed by atoms with Crippen LogP contribution < -0.4 is 14.8 Å². The maximum Gasteiger partial charge on any atom is 0.241 e. The summed E-state index contributed by atoms with van der Waals surface area (Å²) in [5, 5.41) is 12.6. The van der Waals surface area contributed by atoms with E-state index in [9.17, 15) is 4.79 Å². The molecule has 2 aliphatic rings. The number of carbonyl (C=O) groups is 1. The van der Waals surface area contributed by atoms with E-state index in [1.165, 1.54) is 0 Å². The largest absolute Gasteiger partial charge is 0.493 e. The van der Waals surface area contributed by atoms with Crippen LogP contribution in [-0.4, -0.2) is 49.4 Å². The van der Waals surface area contributed by atoms with Crippen molar-refractivity contribution in [2.75, 3.05) is 26.5 Å². The zero-order chi connectivity index (χ0) is 17.1. The van der Waals surface area contributed by atoms with E-state index in [1.807, 2.05) is 18.2 Å². The second-order valence-electron chi connectivity index (χ2n) is 5.87. The number of carbonyl (C=O) groups excluding carboxylic acids is 1. The lowest BCUT2D eigenvalue weighted by atomic mass is 10.1. The molecule has 3 atom stereocenters. The number of nitrogens with zero attached hydrogens (tertiary/aromatic N) is 2. The molecule has 1 aromatic rings. The van der Waals surface area contributed by atoms with Crippen LogP contribution in [0.1, 0.15) is 23.8 Å². The summed E-state index contributed by atoms with van der Waals surface area (Å²) in [6.45, 7) is 0.681. The summed E-state index contributed by atoms with van der Waals surface area (Å²) >= 11 is 1.69. The fraction of sp³-hybridized carbons (Fsp3) is 0.529. The number of thioether (sulfide) groups is 1. The van der Waals surface area contributed by atoms with Gasteiger partial charge in [-0.15, -0.1) is 24.2 Å². The normalized spacial score (nSPS) is 25.2. The maximum absolute atomic E-state index is 12.7. The lowest BCUT2D eigenvalue weighted by molar-refractivity contribution is -0.132. The van der Waals surface area contributed by atoms with Gasteiger partial charge in [0.2, 0.25) is 5.91 Å². The molecule has 25 heavy (non-hydrogen) atoms. The third kappa shape index (κ3) is 3.97. The number of benzene rings is 1. The van der Waals surface area contributed by atoms with Crippen molar-refractivity contribution in [3.05, 3.63) is 23.8 Å². The Hall–Kier alpha value is -1.62. The van der Waals surface area contributed by atoms with Crippen LogP contribution in [-0.2, 0) is 4.79 Å². The Bertz CT molecular complexity index is 667. The van der Waals surface area contributed by atoms with Gasteiger partial charge in [-0.1, -0.05) is 6.07 Å². The van der Waals surface area contributed by atoms with Crippen molar-refractivity contribution < 1.29 is 14.3 Å². The van der Waals surface area contributed by atoms with E-state index in [0.717, 1.165) is 18.4 Å². The molecule has 0 aromatic heterocycles. The van der Waals surface area contributed by atoms with E-state index in [-0.39, 0.29) is 35.8 Å². The molecule has 1 N–H and O–H groups in total. The molecule has 8 heteroatoms. The predicted octanol–water partition coefficient (Wildman–Crippen LogP) is 2.34. The number of likely N-dealkylation sites (tertiary alicyclic amines) is 1. The SMILES string of the molecule is COc1ccc(C2N[C@H](C(=O)N3CCC[C@H]3C#N)CS2)cc1OC.Cl. The van der Waals surface area contributed by atoms with Crippen LogP contribution in [0.15, 0.2) is 18.2 Å². The average Bonchev–Trinajstić information content (AvgIpc) is 3.29. The molecule has 2 heterocycles. The lowest BCUT2D eigenvalue weighted by Gasteiger charge is -2.23. The van der Waals surface area contributed by atoms with Crippen molar-refractivity contribution in [1.29, 1.82) is 5.26 Å². The van der Waals surface area contributed by atoms with Gasteiger partial charge in [-0.25, -0.2) is 0 Å². The quantitative estimate of drug-likeness (QED) is 0.860. The van der Waals surface area contributed by atoms with Crippen LogP contribution in [0.25, 0.3) is 0 Å². The average molecular weight is 384 g/mol. The van der Waals surface area contributed by atoms with Gasteiger partial charge in [0.25, 0.3) is 0 Å². The van der Waals surface area contributed by atoms with Crippen LogP contribution in [0.3, 0.4) is 0 Å². The van der Waals surface area contributed by atoms with Gasteiger partial charge in [-0.05, 0) is 30.5 Å². The van der Waals surface area contributed by atoms with Gasteiger partial charge in [0.15, 0.2) is 11.5 Å². The molecule has 0 saturated carbocycles. The first-order chi connectivity index (χ1) is 11.7. The third-order valence-corrected chi connectivity index (χ3v) is 5.74. The van der Waals surface area contributed by atoms with Crippen LogP contribution >= 0.6 is 24.2 Å². The summed E-state index contributed by atoms with van der Waals surface area (Å²) in [7, 11) is 3.22. The highest BCUT2D eigenvalue weighted by Crippen LogP contribution is 2.38. The van der Waals surface area contributed by atoms with Crippen molar-refractivity contribution in [2.24, 2.45) is 0 Å². The van der Waals surface area contributed by atoms with Crippen LogP contribution in [0.4, 0.5) is 0 Å². The van der Waals surface area contributed by atoms with Gasteiger partial charge >= 0.3 is 0 Å². The van der Waals surface area contributed by atoms with Crippen LogP contribution in [0.2, 0.25) is 0 Å². The fourth-order valence-corrected chi connectivity index (χ4v) is 4.41. The number of rotatable bonds is 4. The first-order valence-corrected chi connectivity index (χ1v) is 9.02. The molecular weight excluding hydrogens is 362 g/mol. The number of methoxy groups -OCH3 is 2. The van der Waals surface area contributed by atoms with Gasteiger partial charge < -0.3 is 14.4 Å². The molecule has 0 spiro atoms. The molecule has 0 radical (unpaired) electrons. The zero-order valence-electron chi connectivity index (χ0n) is 14.2. The molecule has 6 nitrogen and oxygen atoms in total. The Morgan fingerprint density at radius 2 is 2.12 bits per heavy atom. The van der Waals surface area contributed by atoms with E-state index < -0.39 is 0 Å². The summed E-state index contributed by atoms with van der Waals surface area (Å²) < 4.78 is 10.6. The second kappa shape index (κ2) is 8.65. The number of amides is 1. The number of halogens is 1. The lowest BCUT2D eigenvalue weighted by Crippen LogP contribution is -2.46. The van der Waals surface area contributed by atoms with Crippen molar-refractivity contribution in [3.8, 4) is 17.6 Å². The Morgan fingerprint density at radius 1 is 1.36 bits per heavy atom. The van der Waals surface area contributed by atoms with Gasteiger partial charge in [-0.3, -0.25) is 10.1 Å². The molecule has 0 aliphatic carbocycles. The summed E-state index contributed by atoms with van der Waals surface area (Å²) in [6, 6.07) is 7.49. The molecule has 2 aliphatic heterocycles. The highest BCUT2D eigenvalue weighted by Gasteiger charge is 2.37. The van der Waals surface area contributed by atoms with Crippen molar-refractivity contribution >= 4 is 30.1 Å². The molecule has 3 rings (SSSR count). The van der Waals surface area contributed by atoms with E-state index in [1.54, 1.807) is 30.9 Å². The molecule has 2 fully saturated rings. The molecule has 136 valence electrons. The minimum Gasteiger partial charge on any atom is -0.493 e. The molecule has 2 saturated heterocycles. The summed E-state index contributed by atoms with van der Waals surface area (Å²) in [5.74, 6) is 2.10. The van der Waals surface area contributed by atoms with Gasteiger partial charge in [-0.2, -0.15) is 5.26 Å². The smallest absolute Gasteiger partial charge is 0.241 e. The maximum atomic E-state index is 12.7. The number of hydrogen-bond acceptors (Lipinski definition) is 6. The van der Waals surface area contributed by atoms with E-state index >= 15 is 0 Å². The standard InChI is InChI=1S/C17H21N3O3S.ClH/c1-22-14-6-5-11(8-15(14)23-2)16-19-13(10-24-16)17(21)20-7-3-4-12(20)9-18;/h5-6,8,12-13,16,19H,3-4,7,10H2,1-2H3;1H/t12-,13-,16?;/m0./s1. The highest BCUT2D eigenvalue weighted by molar-refractivity contribution is 7.99. The number of hydrogen-bond donors (Lipinski definition) is 1. The van der Waals surface area contributed by atoms with Crippen molar-refractivity contribution in [2.45, 2.75) is 30.3 Å². The first-order valence-electron chi connectivity index (χ1n) is 7.97. The van der Waals surface area contributed by atoms with E-state index in [0.29, 0.717) is 23.8 Å². The monoisotopic (exact) mass is 383 g/mol. The second-order valence-corrected chi connectivity index (χ2v) is 7.00. The molecule has 1 unspecified atom stereocenters. The Kier molecular flexibility index (Phi) is 6.82. The summed E-state index contributed by atoms with van der Waals surface area (Å²) in [6.07, 6.45) is 1.68. The Balaban J connectivity index is 0.00000225. The summed E-state index contributed by atoms with van der Waals surface area (Å²) in [4.78, 5) is 14.4. The Labute approximate surface area is 158 Å². The minimum absolute atomic E-state index is 0. The van der Waals surface area contributed by atoms with Gasteiger partial charge in [0, 0.05) is 12.3 Å². The number of nitrogens with one attached hydrogen (secondary N) is 1. The molecule has 1 aromatic carbocycles. The Morgan fingerprint density at radius 3 is 2.80 bits per heavy atom. The van der Waals surface area contributed by atoms with Crippen molar-refractivity contribution in [3.63, 3.8) is 0 Å². The summed E-state index contributed by atoms with van der Waals surface area (Å²) in [5.41, 5.74) is 1.05. The van der Waals surface area contributed by atoms with Gasteiger partial charge in [0.05, 0.1) is 31.7 Å². The van der Waals surface area contributed by atoms with Gasteiger partial charge in [0.1, 0.15) is 6.04 Å². The van der Waals surface area contributed by atoms with Crippen LogP contribution in [0.5, 0.6) is 11.5 Å². The first kappa shape index (κ1) is 19.7. The highest BCUT2D eigenvalue weighted by atomic mass is 35.5. The number of ether oxygens (including phenoxy) is 2. The molecule has 0 bridgehead atoms. The van der Waals surface area contributed by atoms with Crippen LogP contribution in [0, 0.1) is 11.3 Å². The zero-order valence-corrected chi connectivity index (χ0v) is 15.9. The molecule has 1 amide bonds. The fourth-order valence-electron chi connectivity index (χ4n) is 3.19. The molecular formula is C17H22ClN3O3S. The van der Waals surface area contributed by atoms with E-state index in [4.69, 9.17) is 14.7 Å². The third-order valence-electron chi connectivity index (χ3n) is 4.48. The van der Waals surface area contributed by atoms with E-state index in [2.05, 4.69) is 11.4 Å².